The molecule has 0 saturated carbocycles. The number of carboxylic acids is 1. The second-order valence-corrected chi connectivity index (χ2v) is 13.3. The zero-order valence-electron chi connectivity index (χ0n) is 23.7. The smallest absolute Gasteiger partial charge is 0.322 e. The fourth-order valence-electron chi connectivity index (χ4n) is 4.45. The lowest BCUT2D eigenvalue weighted by Gasteiger charge is -2.15. The number of amides is 1. The number of aliphatic carboxylic acids is 1. The van der Waals surface area contributed by atoms with E-state index in [0.717, 1.165) is 27.1 Å². The number of halogens is 1. The van der Waals surface area contributed by atoms with Crippen LogP contribution in [0, 0.1) is 13.8 Å². The molecule has 0 radical (unpaired) electrons. The molecule has 224 valence electrons. The summed E-state index contributed by atoms with van der Waals surface area (Å²) in [6.07, 6.45) is -0.0228. The van der Waals surface area contributed by atoms with E-state index in [-0.39, 0.29) is 16.9 Å². The van der Waals surface area contributed by atoms with Crippen molar-refractivity contribution in [1.82, 2.24) is 9.71 Å². The van der Waals surface area contributed by atoms with Crippen molar-refractivity contribution in [2.75, 3.05) is 5.32 Å². The number of nitrogens with one attached hydrogen (secondary N) is 2. The minimum atomic E-state index is -4.18. The molecule has 1 aromatic heterocycles. The molecule has 1 amide bonds. The normalized spacial score (nSPS) is 12.1. The van der Waals surface area contributed by atoms with Crippen LogP contribution in [0.5, 0.6) is 0 Å². The Morgan fingerprint density at radius 3 is 2.20 bits per heavy atom. The fourth-order valence-corrected chi connectivity index (χ4v) is 6.81. The van der Waals surface area contributed by atoms with Crippen LogP contribution in [0.15, 0.2) is 102 Å². The molecule has 8 nitrogen and oxygen atoms in total. The Bertz CT molecular complexity index is 1930. The summed E-state index contributed by atoms with van der Waals surface area (Å²) in [4.78, 5) is 30.4. The highest BCUT2D eigenvalue weighted by molar-refractivity contribution is 7.89. The number of carboxylic acid groups (broad SMARTS) is 1. The first kappa shape index (κ1) is 31.1. The van der Waals surface area contributed by atoms with Gasteiger partial charge in [-0.2, -0.15) is 4.72 Å². The van der Waals surface area contributed by atoms with Gasteiger partial charge in [0, 0.05) is 16.1 Å². The Morgan fingerprint density at radius 1 is 0.909 bits per heavy atom. The number of carbonyl (C=O) groups excluding carboxylic acids is 1. The van der Waals surface area contributed by atoms with Crippen molar-refractivity contribution >= 4 is 50.0 Å². The van der Waals surface area contributed by atoms with Gasteiger partial charge in [0.25, 0.3) is 5.91 Å². The number of sulfonamides is 1. The molecule has 1 heterocycles. The van der Waals surface area contributed by atoms with Gasteiger partial charge in [0.05, 0.1) is 15.5 Å². The summed E-state index contributed by atoms with van der Waals surface area (Å²) in [5, 5.41) is 13.4. The van der Waals surface area contributed by atoms with E-state index in [1.54, 1.807) is 30.3 Å². The van der Waals surface area contributed by atoms with E-state index in [2.05, 4.69) is 10.0 Å². The van der Waals surface area contributed by atoms with Crippen molar-refractivity contribution in [1.29, 1.82) is 0 Å². The maximum absolute atomic E-state index is 13.2. The first-order valence-corrected chi connectivity index (χ1v) is 16.2. The Labute approximate surface area is 264 Å². The third kappa shape index (κ3) is 7.23. The van der Waals surface area contributed by atoms with E-state index in [1.807, 2.05) is 56.3 Å². The van der Waals surface area contributed by atoms with Crippen LogP contribution in [0.1, 0.15) is 27.0 Å². The summed E-state index contributed by atoms with van der Waals surface area (Å²) in [5.41, 5.74) is 5.35. The van der Waals surface area contributed by atoms with Crippen LogP contribution in [0.4, 0.5) is 5.13 Å². The summed E-state index contributed by atoms with van der Waals surface area (Å²) in [6.45, 7) is 3.92. The lowest BCUT2D eigenvalue weighted by atomic mass is 10.0. The van der Waals surface area contributed by atoms with E-state index < -0.39 is 27.9 Å². The molecule has 0 saturated heterocycles. The fraction of sp³-hybridized carbons (Fsp3) is 0.121. The third-order valence-electron chi connectivity index (χ3n) is 6.91. The Kier molecular flexibility index (Phi) is 9.26. The number of hydrogen-bond donors (Lipinski definition) is 3. The van der Waals surface area contributed by atoms with Crippen LogP contribution in [-0.4, -0.2) is 36.4 Å². The number of thiazole rings is 1. The number of rotatable bonds is 10. The predicted octanol–water partition coefficient (Wildman–Crippen LogP) is 6.97. The molecule has 11 heteroatoms. The number of carbonyl (C=O) groups is 2. The van der Waals surface area contributed by atoms with E-state index in [4.69, 9.17) is 16.6 Å². The molecule has 1 atom stereocenters. The van der Waals surface area contributed by atoms with Crippen molar-refractivity contribution in [3.8, 4) is 21.7 Å². The standard InChI is InChI=1S/C33H28ClN3O5S2/c1-20-8-11-23(12-9-20)30-29(25-13-10-21(2)27(34)19-25)35-33(43-30)36-31(38)24-14-16-26(17-15-24)44(41,42)37-28(32(39)40)18-22-6-4-3-5-7-22/h3-17,19,28,37H,18H2,1-2H3,(H,39,40)(H,35,36,38)/t28-/m0/s1. The monoisotopic (exact) mass is 645 g/mol. The van der Waals surface area contributed by atoms with Crippen molar-refractivity contribution in [2.45, 2.75) is 31.2 Å². The zero-order chi connectivity index (χ0) is 31.4. The number of hydrogen-bond acceptors (Lipinski definition) is 6. The van der Waals surface area contributed by atoms with Crippen LogP contribution < -0.4 is 10.0 Å². The van der Waals surface area contributed by atoms with Gasteiger partial charge in [0.15, 0.2) is 5.13 Å². The summed E-state index contributed by atoms with van der Waals surface area (Å²) < 4.78 is 28.2. The van der Waals surface area contributed by atoms with E-state index in [0.29, 0.717) is 21.4 Å². The highest BCUT2D eigenvalue weighted by atomic mass is 35.5. The second kappa shape index (κ2) is 13.1. The first-order valence-electron chi connectivity index (χ1n) is 13.5. The summed E-state index contributed by atoms with van der Waals surface area (Å²) >= 11 is 7.72. The lowest BCUT2D eigenvalue weighted by molar-refractivity contribution is -0.138. The molecule has 0 aliphatic carbocycles. The molecule has 5 rings (SSSR count). The van der Waals surface area contributed by atoms with Crippen LogP contribution in [0.2, 0.25) is 5.02 Å². The zero-order valence-corrected chi connectivity index (χ0v) is 26.1. The quantitative estimate of drug-likeness (QED) is 0.151. The predicted molar refractivity (Wildman–Crippen MR) is 174 cm³/mol. The molecule has 0 fully saturated rings. The van der Waals surface area contributed by atoms with Crippen LogP contribution >= 0.6 is 22.9 Å². The Balaban J connectivity index is 1.36. The van der Waals surface area contributed by atoms with Crippen LogP contribution in [-0.2, 0) is 21.2 Å². The number of benzene rings is 4. The van der Waals surface area contributed by atoms with E-state index in [1.165, 1.54) is 35.6 Å². The maximum atomic E-state index is 13.2. The minimum Gasteiger partial charge on any atom is -0.480 e. The average Bonchev–Trinajstić information content (AvgIpc) is 3.42. The molecule has 3 N–H and O–H groups in total. The van der Waals surface area contributed by atoms with Gasteiger partial charge in [-0.25, -0.2) is 13.4 Å². The molecule has 5 aromatic rings. The molecule has 0 unspecified atom stereocenters. The molecule has 0 spiro atoms. The third-order valence-corrected chi connectivity index (χ3v) is 9.83. The maximum Gasteiger partial charge on any atom is 0.322 e. The van der Waals surface area contributed by atoms with Gasteiger partial charge in [-0.05, 0) is 67.3 Å². The SMILES string of the molecule is Cc1ccc(-c2sc(NC(=O)c3ccc(S(=O)(=O)N[C@@H](Cc4ccccc4)C(=O)O)cc3)nc2-c2ccc(C)c(Cl)c2)cc1. The van der Waals surface area contributed by atoms with Crippen molar-refractivity contribution < 1.29 is 23.1 Å². The van der Waals surface area contributed by atoms with Gasteiger partial charge in [-0.3, -0.25) is 14.9 Å². The van der Waals surface area contributed by atoms with Crippen molar-refractivity contribution in [3.05, 3.63) is 124 Å². The van der Waals surface area contributed by atoms with Crippen LogP contribution in [0.25, 0.3) is 21.7 Å². The summed E-state index contributed by atoms with van der Waals surface area (Å²) in [6, 6.07) is 26.3. The molecule has 0 aliphatic rings. The summed E-state index contributed by atoms with van der Waals surface area (Å²) in [7, 11) is -4.18. The van der Waals surface area contributed by atoms with Gasteiger partial charge in [-0.15, -0.1) is 0 Å². The first-order chi connectivity index (χ1) is 21.0. The molecule has 0 bridgehead atoms. The van der Waals surface area contributed by atoms with Crippen LogP contribution in [0.3, 0.4) is 0 Å². The molecule has 0 aliphatic heterocycles. The minimum absolute atomic E-state index is 0.0228. The lowest BCUT2D eigenvalue weighted by Crippen LogP contribution is -2.42. The molecular formula is C33H28ClN3O5S2. The topological polar surface area (TPSA) is 125 Å². The number of anilines is 1. The van der Waals surface area contributed by atoms with Gasteiger partial charge in [0.2, 0.25) is 10.0 Å². The highest BCUT2D eigenvalue weighted by Crippen LogP contribution is 2.40. The van der Waals surface area contributed by atoms with Gasteiger partial charge in [0.1, 0.15) is 6.04 Å². The largest absolute Gasteiger partial charge is 0.480 e. The average molecular weight is 646 g/mol. The van der Waals surface area contributed by atoms with E-state index in [9.17, 15) is 23.1 Å². The van der Waals surface area contributed by atoms with Gasteiger partial charge < -0.3 is 5.11 Å². The number of nitrogens with zero attached hydrogens (tertiary/aromatic N) is 1. The van der Waals surface area contributed by atoms with Crippen molar-refractivity contribution in [2.24, 2.45) is 0 Å². The number of aryl methyl sites for hydroxylation is 2. The molecule has 4 aromatic carbocycles. The van der Waals surface area contributed by atoms with Gasteiger partial charge >= 0.3 is 5.97 Å². The Morgan fingerprint density at radius 2 is 1.57 bits per heavy atom. The van der Waals surface area contributed by atoms with Gasteiger partial charge in [-0.1, -0.05) is 95.2 Å². The number of aromatic nitrogens is 1. The summed E-state index contributed by atoms with van der Waals surface area (Å²) in [5.74, 6) is -1.78. The van der Waals surface area contributed by atoms with E-state index >= 15 is 0 Å². The Hall–Kier alpha value is -4.35. The van der Waals surface area contributed by atoms with Crippen molar-refractivity contribution in [3.63, 3.8) is 0 Å². The molecule has 44 heavy (non-hydrogen) atoms. The molecular weight excluding hydrogens is 618 g/mol. The second-order valence-electron chi connectivity index (χ2n) is 10.2. The highest BCUT2D eigenvalue weighted by Gasteiger charge is 2.26.